The Labute approximate surface area is 133 Å². The van der Waals surface area contributed by atoms with E-state index in [0.717, 1.165) is 38.3 Å². The van der Waals surface area contributed by atoms with E-state index < -0.39 is 0 Å². The van der Waals surface area contributed by atoms with Gasteiger partial charge in [-0.15, -0.1) is 12.4 Å². The van der Waals surface area contributed by atoms with Gasteiger partial charge in [0.1, 0.15) is 0 Å². The fraction of sp³-hybridized carbons (Fsp3) is 0.562. The lowest BCUT2D eigenvalue weighted by Crippen LogP contribution is -2.54. The number of carbonyl (C=O) groups excluding carboxylic acids is 1. The molecule has 0 bridgehead atoms. The number of rotatable bonds is 3. The van der Waals surface area contributed by atoms with Crippen molar-refractivity contribution in [1.82, 2.24) is 9.80 Å². The highest BCUT2D eigenvalue weighted by Gasteiger charge is 2.24. The van der Waals surface area contributed by atoms with E-state index in [0.29, 0.717) is 0 Å². The summed E-state index contributed by atoms with van der Waals surface area (Å²) in [6.07, 6.45) is 0. The minimum absolute atomic E-state index is 0. The molecule has 1 heterocycles. The van der Waals surface area contributed by atoms with Gasteiger partial charge in [0, 0.05) is 43.8 Å². The first-order valence-corrected chi connectivity index (χ1v) is 7.22. The van der Waals surface area contributed by atoms with Crippen LogP contribution in [0.5, 0.6) is 0 Å². The van der Waals surface area contributed by atoms with Gasteiger partial charge < -0.3 is 10.6 Å². The molecule has 4 nitrogen and oxygen atoms in total. The van der Waals surface area contributed by atoms with Gasteiger partial charge >= 0.3 is 0 Å². The number of piperazine rings is 1. The summed E-state index contributed by atoms with van der Waals surface area (Å²) in [5, 5.41) is 0. The summed E-state index contributed by atoms with van der Waals surface area (Å²) < 4.78 is 0. The first kappa shape index (κ1) is 18.0. The van der Waals surface area contributed by atoms with E-state index in [1.807, 2.05) is 49.9 Å². The topological polar surface area (TPSA) is 49.6 Å². The van der Waals surface area contributed by atoms with Gasteiger partial charge in [0.15, 0.2) is 0 Å². The molecular formula is C16H26ClN3O. The monoisotopic (exact) mass is 311 g/mol. The Morgan fingerprint density at radius 3 is 2.14 bits per heavy atom. The number of nitrogens with zero attached hydrogens (tertiary/aromatic N) is 2. The molecule has 1 aromatic rings. The van der Waals surface area contributed by atoms with E-state index in [1.165, 1.54) is 5.56 Å². The first-order chi connectivity index (χ1) is 9.35. The third-order valence-electron chi connectivity index (χ3n) is 3.59. The van der Waals surface area contributed by atoms with E-state index in [-0.39, 0.29) is 23.9 Å². The molecule has 0 aliphatic carbocycles. The van der Waals surface area contributed by atoms with E-state index in [4.69, 9.17) is 5.73 Å². The van der Waals surface area contributed by atoms with Crippen molar-refractivity contribution in [3.8, 4) is 0 Å². The third-order valence-corrected chi connectivity index (χ3v) is 3.59. The number of nitrogens with two attached hydrogens (primary N) is 1. The number of aryl methyl sites for hydroxylation is 1. The van der Waals surface area contributed by atoms with Gasteiger partial charge in [-0.25, -0.2) is 0 Å². The van der Waals surface area contributed by atoms with Crippen molar-refractivity contribution < 1.29 is 4.79 Å². The molecule has 2 N–H and O–H groups in total. The molecule has 0 atom stereocenters. The van der Waals surface area contributed by atoms with E-state index in [2.05, 4.69) is 4.90 Å². The molecular weight excluding hydrogens is 286 g/mol. The Morgan fingerprint density at radius 2 is 1.67 bits per heavy atom. The third kappa shape index (κ3) is 5.30. The second kappa shape index (κ2) is 7.25. The molecule has 1 amide bonds. The summed E-state index contributed by atoms with van der Waals surface area (Å²) in [7, 11) is 0. The Bertz CT molecular complexity index is 459. The number of carbonyl (C=O) groups is 1. The molecule has 0 saturated carbocycles. The smallest absolute Gasteiger partial charge is 0.253 e. The molecule has 0 aromatic heterocycles. The summed E-state index contributed by atoms with van der Waals surface area (Å²) in [6.45, 7) is 10.3. The van der Waals surface area contributed by atoms with Gasteiger partial charge in [0.2, 0.25) is 0 Å². The fourth-order valence-corrected chi connectivity index (χ4v) is 2.56. The average molecular weight is 312 g/mol. The molecule has 21 heavy (non-hydrogen) atoms. The minimum atomic E-state index is -0.177. The van der Waals surface area contributed by atoms with Crippen LogP contribution in [0.25, 0.3) is 0 Å². The lowest BCUT2D eigenvalue weighted by Gasteiger charge is -2.37. The van der Waals surface area contributed by atoms with Gasteiger partial charge in [-0.3, -0.25) is 9.69 Å². The lowest BCUT2D eigenvalue weighted by atomic mass is 10.1. The highest BCUT2D eigenvalue weighted by molar-refractivity contribution is 5.94. The predicted octanol–water partition coefficient (Wildman–Crippen LogP) is 1.91. The number of amides is 1. The summed E-state index contributed by atoms with van der Waals surface area (Å²) in [5.74, 6) is 0.136. The minimum Gasteiger partial charge on any atom is -0.336 e. The molecule has 0 spiro atoms. The van der Waals surface area contributed by atoms with Crippen LogP contribution in [-0.4, -0.2) is 54.0 Å². The van der Waals surface area contributed by atoms with Crippen molar-refractivity contribution in [2.75, 3.05) is 32.7 Å². The van der Waals surface area contributed by atoms with Crippen LogP contribution in [0.15, 0.2) is 24.3 Å². The van der Waals surface area contributed by atoms with Crippen molar-refractivity contribution in [1.29, 1.82) is 0 Å². The van der Waals surface area contributed by atoms with Crippen molar-refractivity contribution in [3.63, 3.8) is 0 Å². The molecule has 2 rings (SSSR count). The Kier molecular flexibility index (Phi) is 6.20. The van der Waals surface area contributed by atoms with Crippen molar-refractivity contribution in [2.45, 2.75) is 26.3 Å². The van der Waals surface area contributed by atoms with Gasteiger partial charge in [0.25, 0.3) is 5.91 Å². The molecule has 118 valence electrons. The van der Waals surface area contributed by atoms with Crippen molar-refractivity contribution in [2.24, 2.45) is 5.73 Å². The van der Waals surface area contributed by atoms with Gasteiger partial charge in [-0.1, -0.05) is 17.7 Å². The van der Waals surface area contributed by atoms with E-state index in [9.17, 15) is 4.79 Å². The van der Waals surface area contributed by atoms with Gasteiger partial charge in [-0.2, -0.15) is 0 Å². The molecule has 5 heteroatoms. The van der Waals surface area contributed by atoms with Crippen molar-refractivity contribution >= 4 is 18.3 Å². The average Bonchev–Trinajstić information content (AvgIpc) is 2.38. The van der Waals surface area contributed by atoms with Crippen LogP contribution in [0.2, 0.25) is 0 Å². The highest BCUT2D eigenvalue weighted by atomic mass is 35.5. The largest absolute Gasteiger partial charge is 0.336 e. The van der Waals surface area contributed by atoms with Crippen LogP contribution in [0.3, 0.4) is 0 Å². The van der Waals surface area contributed by atoms with E-state index in [1.54, 1.807) is 0 Å². The van der Waals surface area contributed by atoms with E-state index >= 15 is 0 Å². The first-order valence-electron chi connectivity index (χ1n) is 7.22. The zero-order valence-corrected chi connectivity index (χ0v) is 13.9. The summed E-state index contributed by atoms with van der Waals surface area (Å²) in [4.78, 5) is 16.7. The van der Waals surface area contributed by atoms with Crippen LogP contribution in [-0.2, 0) is 0 Å². The van der Waals surface area contributed by atoms with Crippen molar-refractivity contribution in [3.05, 3.63) is 35.4 Å². The summed E-state index contributed by atoms with van der Waals surface area (Å²) >= 11 is 0. The number of benzene rings is 1. The Hall–Kier alpha value is -1.10. The maximum Gasteiger partial charge on any atom is 0.253 e. The van der Waals surface area contributed by atoms with Crippen LogP contribution >= 0.6 is 12.4 Å². The molecule has 1 aromatic carbocycles. The summed E-state index contributed by atoms with van der Waals surface area (Å²) in [5.41, 5.74) is 7.82. The zero-order chi connectivity index (χ0) is 14.8. The maximum absolute atomic E-state index is 12.4. The second-order valence-electron chi connectivity index (χ2n) is 6.42. The summed E-state index contributed by atoms with van der Waals surface area (Å²) in [6, 6.07) is 7.79. The molecule has 1 saturated heterocycles. The van der Waals surface area contributed by atoms with Crippen LogP contribution in [0.1, 0.15) is 29.8 Å². The van der Waals surface area contributed by atoms with Gasteiger partial charge in [-0.05, 0) is 32.9 Å². The quantitative estimate of drug-likeness (QED) is 0.927. The highest BCUT2D eigenvalue weighted by Crippen LogP contribution is 2.11. The Balaban J connectivity index is 0.00000220. The molecule has 1 aliphatic rings. The molecule has 0 radical (unpaired) electrons. The number of halogens is 1. The Morgan fingerprint density at radius 1 is 1.14 bits per heavy atom. The SMILES string of the molecule is Cc1ccc(C(=O)N2CCN(CC(C)(C)N)CC2)cc1.Cl. The number of hydrogen-bond donors (Lipinski definition) is 1. The lowest BCUT2D eigenvalue weighted by molar-refractivity contribution is 0.0616. The molecule has 1 aliphatic heterocycles. The van der Waals surface area contributed by atoms with Gasteiger partial charge in [0.05, 0.1) is 0 Å². The normalized spacial score (nSPS) is 16.5. The number of hydrogen-bond acceptors (Lipinski definition) is 3. The maximum atomic E-state index is 12.4. The standard InChI is InChI=1S/C16H25N3O.ClH/c1-13-4-6-14(7-5-13)15(20)19-10-8-18(9-11-19)12-16(2,3)17;/h4-7H,8-12,17H2,1-3H3;1H. The van der Waals surface area contributed by atoms with Crippen LogP contribution in [0, 0.1) is 6.92 Å². The van der Waals surface area contributed by atoms with Crippen LogP contribution in [0.4, 0.5) is 0 Å². The second-order valence-corrected chi connectivity index (χ2v) is 6.42. The predicted molar refractivity (Wildman–Crippen MR) is 89.0 cm³/mol. The molecule has 1 fully saturated rings. The zero-order valence-electron chi connectivity index (χ0n) is 13.1. The molecule has 0 unspecified atom stereocenters. The fourth-order valence-electron chi connectivity index (χ4n) is 2.56. The van der Waals surface area contributed by atoms with Crippen LogP contribution < -0.4 is 5.73 Å².